The Bertz CT molecular complexity index is 554. The maximum absolute atomic E-state index is 5.41. The molecule has 0 saturated heterocycles. The molecule has 1 atom stereocenters. The molecule has 1 aromatic heterocycles. The van der Waals surface area contributed by atoms with Crippen LogP contribution in [0, 0.1) is 0 Å². The summed E-state index contributed by atoms with van der Waals surface area (Å²) in [5.74, 6) is 6.62. The van der Waals surface area contributed by atoms with Crippen LogP contribution < -0.4 is 16.6 Å². The molecule has 0 aliphatic heterocycles. The lowest BCUT2D eigenvalue weighted by Gasteiger charge is -2.20. The predicted octanol–water partition coefficient (Wildman–Crippen LogP) is 1.28. The molecule has 6 nitrogen and oxygen atoms in total. The van der Waals surface area contributed by atoms with Crippen molar-refractivity contribution in [2.24, 2.45) is 5.84 Å². The van der Waals surface area contributed by atoms with Crippen molar-refractivity contribution in [2.75, 3.05) is 31.4 Å². The smallest absolute Gasteiger partial charge is 0.239 e. The summed E-state index contributed by atoms with van der Waals surface area (Å²) in [5.41, 5.74) is 3.37. The number of aromatic nitrogens is 2. The molecule has 0 aliphatic rings. The molecule has 4 N–H and O–H groups in total. The Morgan fingerprint density at radius 2 is 2.00 bits per heavy atom. The van der Waals surface area contributed by atoms with Crippen LogP contribution in [0.25, 0.3) is 10.9 Å². The molecular formula is C13H20N6. The number of nitrogen functional groups attached to an aromatic ring is 1. The summed E-state index contributed by atoms with van der Waals surface area (Å²) in [6.45, 7) is 3.04. The third-order valence-electron chi connectivity index (χ3n) is 2.75. The number of hydrogen-bond acceptors (Lipinski definition) is 6. The Kier molecular flexibility index (Phi) is 4.13. The fourth-order valence-corrected chi connectivity index (χ4v) is 2.08. The predicted molar refractivity (Wildman–Crippen MR) is 79.0 cm³/mol. The highest BCUT2D eigenvalue weighted by Gasteiger charge is 2.10. The second-order valence-corrected chi connectivity index (χ2v) is 4.86. The summed E-state index contributed by atoms with van der Waals surface area (Å²) in [6, 6.07) is 8.14. The van der Waals surface area contributed by atoms with E-state index in [4.69, 9.17) is 5.84 Å². The molecule has 1 unspecified atom stereocenters. The van der Waals surface area contributed by atoms with E-state index >= 15 is 0 Å². The summed E-state index contributed by atoms with van der Waals surface area (Å²) in [4.78, 5) is 10.8. The fourth-order valence-electron chi connectivity index (χ4n) is 2.08. The fraction of sp³-hybridized carbons (Fsp3) is 0.385. The summed E-state index contributed by atoms with van der Waals surface area (Å²) in [7, 11) is 4.09. The van der Waals surface area contributed by atoms with E-state index in [-0.39, 0.29) is 6.04 Å². The Hall–Kier alpha value is -1.92. The molecule has 19 heavy (non-hydrogen) atoms. The first-order chi connectivity index (χ1) is 9.10. The lowest BCUT2D eigenvalue weighted by Crippen LogP contribution is -2.30. The van der Waals surface area contributed by atoms with Gasteiger partial charge < -0.3 is 10.2 Å². The Morgan fingerprint density at radius 1 is 1.26 bits per heavy atom. The molecule has 0 amide bonds. The standard InChI is InChI=1S/C13H20N6/c1-9(8-19(2)3)15-12-10-6-4-5-7-11(10)16-13(17-12)18-14/h4-7,9H,8,14H2,1-3H3,(H2,15,16,17,18). The van der Waals surface area contributed by atoms with E-state index in [1.165, 1.54) is 0 Å². The third kappa shape index (κ3) is 3.30. The first kappa shape index (κ1) is 13.5. The van der Waals surface area contributed by atoms with E-state index in [1.54, 1.807) is 0 Å². The topological polar surface area (TPSA) is 79.1 Å². The summed E-state index contributed by atoms with van der Waals surface area (Å²) in [5, 5.41) is 4.40. The van der Waals surface area contributed by atoms with Crippen molar-refractivity contribution in [3.63, 3.8) is 0 Å². The number of fused-ring (bicyclic) bond motifs is 1. The number of hydrazine groups is 1. The number of hydrogen-bond donors (Lipinski definition) is 3. The van der Waals surface area contributed by atoms with Crippen LogP contribution in [-0.4, -0.2) is 41.5 Å². The molecule has 2 aromatic rings. The molecule has 0 saturated carbocycles. The van der Waals surface area contributed by atoms with Gasteiger partial charge in [-0.15, -0.1) is 0 Å². The Morgan fingerprint density at radius 3 is 2.68 bits per heavy atom. The maximum Gasteiger partial charge on any atom is 0.239 e. The average Bonchev–Trinajstić information content (AvgIpc) is 2.37. The SMILES string of the molecule is CC(CN(C)C)Nc1nc(NN)nc2ccccc12. The van der Waals surface area contributed by atoms with Crippen LogP contribution in [0.15, 0.2) is 24.3 Å². The van der Waals surface area contributed by atoms with E-state index < -0.39 is 0 Å². The van der Waals surface area contributed by atoms with E-state index in [0.29, 0.717) is 5.95 Å². The van der Waals surface area contributed by atoms with Crippen molar-refractivity contribution in [2.45, 2.75) is 13.0 Å². The number of nitrogens with two attached hydrogens (primary N) is 1. The van der Waals surface area contributed by atoms with Crippen molar-refractivity contribution < 1.29 is 0 Å². The van der Waals surface area contributed by atoms with Gasteiger partial charge in [0.05, 0.1) is 5.52 Å². The van der Waals surface area contributed by atoms with E-state index in [2.05, 4.69) is 32.5 Å². The highest BCUT2D eigenvalue weighted by molar-refractivity contribution is 5.90. The molecule has 6 heteroatoms. The third-order valence-corrected chi connectivity index (χ3v) is 2.75. The van der Waals surface area contributed by atoms with Crippen molar-refractivity contribution in [3.8, 4) is 0 Å². The molecule has 0 bridgehead atoms. The zero-order valence-electron chi connectivity index (χ0n) is 11.5. The van der Waals surface area contributed by atoms with Crippen LogP contribution >= 0.6 is 0 Å². The van der Waals surface area contributed by atoms with Gasteiger partial charge in [0.25, 0.3) is 0 Å². The van der Waals surface area contributed by atoms with Crippen LogP contribution in [-0.2, 0) is 0 Å². The van der Waals surface area contributed by atoms with Crippen molar-refractivity contribution in [1.29, 1.82) is 0 Å². The Labute approximate surface area is 113 Å². The van der Waals surface area contributed by atoms with Crippen molar-refractivity contribution in [1.82, 2.24) is 14.9 Å². The lowest BCUT2D eigenvalue weighted by atomic mass is 10.2. The lowest BCUT2D eigenvalue weighted by molar-refractivity contribution is 0.392. The summed E-state index contributed by atoms with van der Waals surface area (Å²) >= 11 is 0. The number of nitrogens with one attached hydrogen (secondary N) is 2. The quantitative estimate of drug-likeness (QED) is 0.555. The summed E-state index contributed by atoms with van der Waals surface area (Å²) < 4.78 is 0. The average molecular weight is 260 g/mol. The van der Waals surface area contributed by atoms with Gasteiger partial charge in [-0.25, -0.2) is 10.8 Å². The van der Waals surface area contributed by atoms with E-state index in [1.807, 2.05) is 38.4 Å². The van der Waals surface area contributed by atoms with Crippen LogP contribution in [0.1, 0.15) is 6.92 Å². The zero-order valence-corrected chi connectivity index (χ0v) is 11.5. The number of likely N-dealkylation sites (N-methyl/N-ethyl adjacent to an activating group) is 1. The van der Waals surface area contributed by atoms with Gasteiger partial charge in [-0.1, -0.05) is 12.1 Å². The highest BCUT2D eigenvalue weighted by atomic mass is 15.3. The molecule has 0 spiro atoms. The monoisotopic (exact) mass is 260 g/mol. The van der Waals surface area contributed by atoms with Gasteiger partial charge in [-0.3, -0.25) is 5.43 Å². The number of rotatable bonds is 5. The number of para-hydroxylation sites is 1. The number of benzene rings is 1. The van der Waals surface area contributed by atoms with Crippen LogP contribution in [0.2, 0.25) is 0 Å². The molecule has 0 radical (unpaired) electrons. The maximum atomic E-state index is 5.41. The van der Waals surface area contributed by atoms with Gasteiger partial charge in [0.1, 0.15) is 5.82 Å². The second kappa shape index (κ2) is 5.81. The molecular weight excluding hydrogens is 240 g/mol. The van der Waals surface area contributed by atoms with Crippen LogP contribution in [0.4, 0.5) is 11.8 Å². The van der Waals surface area contributed by atoms with Gasteiger partial charge in [0.2, 0.25) is 5.95 Å². The minimum atomic E-state index is 0.277. The second-order valence-electron chi connectivity index (χ2n) is 4.86. The van der Waals surface area contributed by atoms with Gasteiger partial charge in [0, 0.05) is 18.0 Å². The van der Waals surface area contributed by atoms with Gasteiger partial charge in [-0.05, 0) is 33.2 Å². The largest absolute Gasteiger partial charge is 0.366 e. The van der Waals surface area contributed by atoms with E-state index in [9.17, 15) is 0 Å². The first-order valence-electron chi connectivity index (χ1n) is 6.25. The zero-order chi connectivity index (χ0) is 13.8. The molecule has 1 aromatic carbocycles. The van der Waals surface area contributed by atoms with E-state index in [0.717, 1.165) is 23.3 Å². The van der Waals surface area contributed by atoms with Crippen LogP contribution in [0.5, 0.6) is 0 Å². The first-order valence-corrected chi connectivity index (χ1v) is 6.25. The molecule has 0 aliphatic carbocycles. The summed E-state index contributed by atoms with van der Waals surface area (Å²) in [6.07, 6.45) is 0. The number of anilines is 2. The number of nitrogens with zero attached hydrogens (tertiary/aromatic N) is 3. The highest BCUT2D eigenvalue weighted by Crippen LogP contribution is 2.22. The minimum absolute atomic E-state index is 0.277. The normalized spacial score (nSPS) is 12.7. The molecule has 0 fully saturated rings. The van der Waals surface area contributed by atoms with Crippen molar-refractivity contribution in [3.05, 3.63) is 24.3 Å². The van der Waals surface area contributed by atoms with Gasteiger partial charge >= 0.3 is 0 Å². The van der Waals surface area contributed by atoms with Gasteiger partial charge in [-0.2, -0.15) is 4.98 Å². The van der Waals surface area contributed by atoms with Crippen LogP contribution in [0.3, 0.4) is 0 Å². The molecule has 102 valence electrons. The van der Waals surface area contributed by atoms with Crippen molar-refractivity contribution >= 4 is 22.7 Å². The molecule has 2 rings (SSSR count). The Balaban J connectivity index is 2.35. The molecule has 1 heterocycles. The van der Waals surface area contributed by atoms with Gasteiger partial charge in [0.15, 0.2) is 0 Å². The minimum Gasteiger partial charge on any atom is -0.366 e.